The second-order valence-corrected chi connectivity index (χ2v) is 6.19. The molecular weight excluding hydrogens is 202 g/mol. The number of hydrogen-bond donors (Lipinski definition) is 1. The highest BCUT2D eigenvalue weighted by atomic mass is 16.6. The van der Waals surface area contributed by atoms with Gasteiger partial charge in [-0.25, -0.2) is 4.79 Å². The highest BCUT2D eigenvalue weighted by Gasteiger charge is 2.60. The molecule has 2 bridgehead atoms. The lowest BCUT2D eigenvalue weighted by Crippen LogP contribution is -2.56. The summed E-state index contributed by atoms with van der Waals surface area (Å²) >= 11 is 0. The molecule has 0 aromatic heterocycles. The number of hydrogen-bond acceptors (Lipinski definition) is 2. The first kappa shape index (κ1) is 11.3. The summed E-state index contributed by atoms with van der Waals surface area (Å²) in [5, 5.41) is 2.98. The van der Waals surface area contributed by atoms with Crippen LogP contribution in [0.5, 0.6) is 0 Å². The summed E-state index contributed by atoms with van der Waals surface area (Å²) in [6, 6.07) is 0. The molecule has 3 aliphatic rings. The minimum atomic E-state index is -0.438. The lowest BCUT2D eigenvalue weighted by molar-refractivity contribution is 0.0356. The van der Waals surface area contributed by atoms with Crippen LogP contribution in [0.15, 0.2) is 0 Å². The fraction of sp³-hybridized carbons (Fsp3) is 0.769. The van der Waals surface area contributed by atoms with E-state index in [1.807, 2.05) is 20.8 Å². The van der Waals surface area contributed by atoms with Crippen LogP contribution in [0, 0.1) is 17.8 Å². The van der Waals surface area contributed by atoms with Gasteiger partial charge in [-0.15, -0.1) is 6.42 Å². The van der Waals surface area contributed by atoms with Crippen molar-refractivity contribution >= 4 is 6.09 Å². The first-order valence-electron chi connectivity index (χ1n) is 5.77. The van der Waals surface area contributed by atoms with Crippen molar-refractivity contribution in [2.24, 2.45) is 5.41 Å². The number of alkyl carbamates (subject to hydrolysis) is 1. The third kappa shape index (κ3) is 1.89. The largest absolute Gasteiger partial charge is 0.444 e. The minimum absolute atomic E-state index is 0.0645. The molecule has 0 aromatic rings. The molecule has 88 valence electrons. The monoisotopic (exact) mass is 221 g/mol. The molecule has 3 rings (SSSR count). The fourth-order valence-electron chi connectivity index (χ4n) is 2.92. The van der Waals surface area contributed by atoms with E-state index in [1.54, 1.807) is 0 Å². The Balaban J connectivity index is 1.90. The Kier molecular flexibility index (Phi) is 2.24. The summed E-state index contributed by atoms with van der Waals surface area (Å²) in [4.78, 5) is 11.7. The van der Waals surface area contributed by atoms with Crippen LogP contribution in [0.25, 0.3) is 0 Å². The molecule has 1 N–H and O–H groups in total. The number of rotatable bonds is 1. The Hall–Kier alpha value is -1.17. The highest BCUT2D eigenvalue weighted by Crippen LogP contribution is 2.60. The molecular formula is C13H19NO2. The van der Waals surface area contributed by atoms with Crippen LogP contribution in [0.4, 0.5) is 4.79 Å². The lowest BCUT2D eigenvalue weighted by Gasteiger charge is -2.44. The molecule has 0 saturated heterocycles. The van der Waals surface area contributed by atoms with Crippen molar-refractivity contribution in [3.05, 3.63) is 0 Å². The maximum absolute atomic E-state index is 11.7. The van der Waals surface area contributed by atoms with E-state index in [2.05, 4.69) is 11.2 Å². The van der Waals surface area contributed by atoms with Gasteiger partial charge in [-0.2, -0.15) is 0 Å². The molecule has 0 aliphatic heterocycles. The molecule has 3 fully saturated rings. The average molecular weight is 221 g/mol. The molecule has 0 atom stereocenters. The van der Waals surface area contributed by atoms with Crippen molar-refractivity contribution in [3.8, 4) is 12.3 Å². The zero-order valence-corrected chi connectivity index (χ0v) is 10.2. The van der Waals surface area contributed by atoms with E-state index in [0.717, 1.165) is 25.7 Å². The van der Waals surface area contributed by atoms with Crippen molar-refractivity contribution in [1.29, 1.82) is 0 Å². The van der Waals surface area contributed by atoms with Crippen LogP contribution >= 0.6 is 0 Å². The predicted octanol–water partition coefficient (Wildman–Crippen LogP) is 2.46. The summed E-state index contributed by atoms with van der Waals surface area (Å²) in [7, 11) is 0. The third-order valence-electron chi connectivity index (χ3n) is 3.51. The molecule has 0 spiro atoms. The number of fused-ring (bicyclic) bond motifs is 1. The van der Waals surface area contributed by atoms with Crippen molar-refractivity contribution < 1.29 is 9.53 Å². The first-order valence-corrected chi connectivity index (χ1v) is 5.77. The summed E-state index contributed by atoms with van der Waals surface area (Å²) in [6.07, 6.45) is 9.02. The van der Waals surface area contributed by atoms with Crippen LogP contribution in [0.2, 0.25) is 0 Å². The minimum Gasteiger partial charge on any atom is -0.444 e. The smallest absolute Gasteiger partial charge is 0.408 e. The van der Waals surface area contributed by atoms with E-state index in [0.29, 0.717) is 0 Å². The van der Waals surface area contributed by atoms with Gasteiger partial charge >= 0.3 is 6.09 Å². The molecule has 0 radical (unpaired) electrons. The number of ether oxygens (including phenoxy) is 1. The van der Waals surface area contributed by atoms with Crippen molar-refractivity contribution in [1.82, 2.24) is 5.32 Å². The van der Waals surface area contributed by atoms with Gasteiger partial charge in [0, 0.05) is 11.0 Å². The normalized spacial score (nSPS) is 36.1. The number of nitrogens with one attached hydrogen (secondary N) is 1. The number of carbonyl (C=O) groups is 1. The van der Waals surface area contributed by atoms with E-state index >= 15 is 0 Å². The maximum atomic E-state index is 11.7. The molecule has 0 unspecified atom stereocenters. The molecule has 3 saturated carbocycles. The van der Waals surface area contributed by atoms with Crippen LogP contribution in [0.3, 0.4) is 0 Å². The van der Waals surface area contributed by atoms with Gasteiger partial charge in [-0.1, -0.05) is 5.92 Å². The van der Waals surface area contributed by atoms with E-state index < -0.39 is 5.60 Å². The van der Waals surface area contributed by atoms with E-state index in [1.165, 1.54) is 0 Å². The van der Waals surface area contributed by atoms with Crippen molar-refractivity contribution in [2.75, 3.05) is 0 Å². The van der Waals surface area contributed by atoms with Crippen molar-refractivity contribution in [2.45, 2.75) is 57.6 Å². The van der Waals surface area contributed by atoms with Crippen LogP contribution in [-0.4, -0.2) is 17.2 Å². The molecule has 16 heavy (non-hydrogen) atoms. The Morgan fingerprint density at radius 3 is 2.44 bits per heavy atom. The maximum Gasteiger partial charge on any atom is 0.408 e. The zero-order chi connectivity index (χ0) is 12.0. The van der Waals surface area contributed by atoms with Crippen molar-refractivity contribution in [3.63, 3.8) is 0 Å². The quantitative estimate of drug-likeness (QED) is 0.691. The summed E-state index contributed by atoms with van der Waals surface area (Å²) in [6.45, 7) is 5.60. The SMILES string of the molecule is C#CC12CCC(NC(=O)OC(C)(C)C)(C1)C2. The van der Waals surface area contributed by atoms with Gasteiger partial charge < -0.3 is 10.1 Å². The fourth-order valence-corrected chi connectivity index (χ4v) is 2.92. The van der Waals surface area contributed by atoms with Gasteiger partial charge in [0.05, 0.1) is 0 Å². The van der Waals surface area contributed by atoms with Crippen LogP contribution in [-0.2, 0) is 4.74 Å². The average Bonchev–Trinajstić information content (AvgIpc) is 2.55. The van der Waals surface area contributed by atoms with E-state index in [4.69, 9.17) is 11.2 Å². The second kappa shape index (κ2) is 3.16. The van der Waals surface area contributed by atoms with Gasteiger partial charge in [-0.05, 0) is 46.5 Å². The summed E-state index contributed by atoms with van der Waals surface area (Å²) in [5.41, 5.74) is -0.448. The van der Waals surface area contributed by atoms with E-state index in [9.17, 15) is 4.79 Å². The second-order valence-electron chi connectivity index (χ2n) is 6.19. The molecule has 0 heterocycles. The Morgan fingerprint density at radius 2 is 2.00 bits per heavy atom. The topological polar surface area (TPSA) is 38.3 Å². The molecule has 1 amide bonds. The standard InChI is InChI=1S/C13H19NO2/c1-5-12-6-7-13(8-12,9-12)14-10(15)16-11(2,3)4/h1H,6-9H2,2-4H3,(H,14,15). The van der Waals surface area contributed by atoms with Gasteiger partial charge in [0.1, 0.15) is 5.60 Å². The molecule has 3 nitrogen and oxygen atoms in total. The van der Waals surface area contributed by atoms with Crippen LogP contribution in [0.1, 0.15) is 46.5 Å². The summed E-state index contributed by atoms with van der Waals surface area (Å²) < 4.78 is 5.25. The summed E-state index contributed by atoms with van der Waals surface area (Å²) in [5.74, 6) is 2.86. The zero-order valence-electron chi connectivity index (χ0n) is 10.2. The van der Waals surface area contributed by atoms with Gasteiger partial charge in [0.15, 0.2) is 0 Å². The predicted molar refractivity (Wildman–Crippen MR) is 61.8 cm³/mol. The number of terminal acetylenes is 1. The van der Waals surface area contributed by atoms with Gasteiger partial charge in [0.25, 0.3) is 0 Å². The number of amides is 1. The Morgan fingerprint density at radius 1 is 1.38 bits per heavy atom. The Labute approximate surface area is 96.9 Å². The molecule has 3 aliphatic carbocycles. The lowest BCUT2D eigenvalue weighted by atomic mass is 9.66. The van der Waals surface area contributed by atoms with Gasteiger partial charge in [-0.3, -0.25) is 0 Å². The van der Waals surface area contributed by atoms with Gasteiger partial charge in [0.2, 0.25) is 0 Å². The number of carbonyl (C=O) groups excluding carboxylic acids is 1. The third-order valence-corrected chi connectivity index (χ3v) is 3.51. The van der Waals surface area contributed by atoms with Crippen LogP contribution < -0.4 is 5.32 Å². The Bertz CT molecular complexity index is 353. The highest BCUT2D eigenvalue weighted by molar-refractivity contribution is 5.69. The molecule has 0 aromatic carbocycles. The first-order chi connectivity index (χ1) is 7.28. The molecule has 3 heteroatoms. The van der Waals surface area contributed by atoms with E-state index in [-0.39, 0.29) is 17.0 Å².